The van der Waals surface area contributed by atoms with Crippen molar-refractivity contribution in [3.8, 4) is 0 Å². The summed E-state index contributed by atoms with van der Waals surface area (Å²) in [4.78, 5) is 6.94. The highest BCUT2D eigenvalue weighted by atomic mass is 79.9. The van der Waals surface area contributed by atoms with Crippen LogP contribution in [0.4, 0.5) is 0 Å². The first kappa shape index (κ1) is 15.2. The fourth-order valence-corrected chi connectivity index (χ4v) is 2.34. The zero-order valence-electron chi connectivity index (χ0n) is 10.9. The molecular formula is C14H22BrN3. The van der Waals surface area contributed by atoms with Gasteiger partial charge in [0.15, 0.2) is 0 Å². The first-order valence-electron chi connectivity index (χ1n) is 6.30. The van der Waals surface area contributed by atoms with Crippen LogP contribution in [0.1, 0.15) is 25.3 Å². The number of amidine groups is 1. The molecule has 0 saturated carbocycles. The monoisotopic (exact) mass is 311 g/mol. The van der Waals surface area contributed by atoms with Gasteiger partial charge in [-0.25, -0.2) is 0 Å². The van der Waals surface area contributed by atoms with Gasteiger partial charge in [-0.05, 0) is 25.3 Å². The van der Waals surface area contributed by atoms with Crippen molar-refractivity contribution >= 4 is 22.8 Å². The molecule has 4 heteroatoms. The molecule has 0 radical (unpaired) electrons. The van der Waals surface area contributed by atoms with E-state index in [1.807, 2.05) is 6.92 Å². The molecule has 0 bridgehead atoms. The fourth-order valence-electron chi connectivity index (χ4n) is 2.34. The molecule has 0 aromatic heterocycles. The number of nitrogens with zero attached hydrogens (tertiary/aromatic N) is 2. The zero-order valence-corrected chi connectivity index (χ0v) is 12.6. The first-order chi connectivity index (χ1) is 8.24. The summed E-state index contributed by atoms with van der Waals surface area (Å²) in [6.45, 7) is 5.17. The lowest BCUT2D eigenvalue weighted by molar-refractivity contribution is 0.206. The van der Waals surface area contributed by atoms with E-state index in [9.17, 15) is 0 Å². The summed E-state index contributed by atoms with van der Waals surface area (Å²) in [6, 6.07) is 11.1. The minimum atomic E-state index is 0. The molecule has 0 unspecified atom stereocenters. The Labute approximate surface area is 120 Å². The van der Waals surface area contributed by atoms with Crippen LogP contribution in [0.2, 0.25) is 0 Å². The average Bonchev–Trinajstić information content (AvgIpc) is 2.32. The Morgan fingerprint density at radius 1 is 1.28 bits per heavy atom. The van der Waals surface area contributed by atoms with Crippen molar-refractivity contribution < 1.29 is 0 Å². The molecule has 2 rings (SSSR count). The van der Waals surface area contributed by atoms with Gasteiger partial charge in [0.05, 0.1) is 11.9 Å². The Hall–Kier alpha value is -0.870. The molecule has 1 aliphatic heterocycles. The van der Waals surface area contributed by atoms with Crippen LogP contribution in [0.3, 0.4) is 0 Å². The lowest BCUT2D eigenvalue weighted by Gasteiger charge is -2.30. The molecule has 2 N–H and O–H groups in total. The van der Waals surface area contributed by atoms with E-state index in [1.54, 1.807) is 0 Å². The van der Waals surface area contributed by atoms with Gasteiger partial charge in [-0.3, -0.25) is 9.89 Å². The molecule has 1 aromatic rings. The third-order valence-corrected chi connectivity index (χ3v) is 3.19. The van der Waals surface area contributed by atoms with Gasteiger partial charge in [-0.1, -0.05) is 30.3 Å². The van der Waals surface area contributed by atoms with Gasteiger partial charge in [0.1, 0.15) is 0 Å². The molecule has 1 aromatic carbocycles. The topological polar surface area (TPSA) is 41.6 Å². The van der Waals surface area contributed by atoms with Crippen LogP contribution in [-0.4, -0.2) is 29.9 Å². The third-order valence-electron chi connectivity index (χ3n) is 3.19. The molecule has 0 spiro atoms. The Balaban J connectivity index is 0.00000162. The molecule has 1 fully saturated rings. The number of piperidine rings is 1. The van der Waals surface area contributed by atoms with E-state index in [0.717, 1.165) is 32.5 Å². The van der Waals surface area contributed by atoms with Crippen molar-refractivity contribution in [2.75, 3.05) is 13.1 Å². The maximum absolute atomic E-state index is 5.62. The van der Waals surface area contributed by atoms with Gasteiger partial charge >= 0.3 is 0 Å². The predicted octanol–water partition coefficient (Wildman–Crippen LogP) is 2.61. The maximum atomic E-state index is 5.62. The van der Waals surface area contributed by atoms with Crippen molar-refractivity contribution in [2.45, 2.75) is 32.4 Å². The number of benzene rings is 1. The van der Waals surface area contributed by atoms with E-state index in [2.05, 4.69) is 40.2 Å². The van der Waals surface area contributed by atoms with Crippen molar-refractivity contribution in [1.29, 1.82) is 0 Å². The molecule has 0 amide bonds. The van der Waals surface area contributed by atoms with E-state index in [0.29, 0.717) is 11.9 Å². The van der Waals surface area contributed by atoms with E-state index >= 15 is 0 Å². The highest BCUT2D eigenvalue weighted by molar-refractivity contribution is 8.93. The second-order valence-electron chi connectivity index (χ2n) is 4.76. The van der Waals surface area contributed by atoms with Crippen molar-refractivity contribution in [2.24, 2.45) is 10.7 Å². The molecule has 0 aliphatic carbocycles. The maximum Gasteiger partial charge on any atom is 0.0909 e. The summed E-state index contributed by atoms with van der Waals surface area (Å²) in [5.74, 6) is 0.714. The predicted molar refractivity (Wildman–Crippen MR) is 82.4 cm³/mol. The van der Waals surface area contributed by atoms with E-state index < -0.39 is 0 Å². The van der Waals surface area contributed by atoms with Gasteiger partial charge in [-0.15, -0.1) is 17.0 Å². The van der Waals surface area contributed by atoms with Crippen LogP contribution in [0.25, 0.3) is 0 Å². The van der Waals surface area contributed by atoms with Crippen molar-refractivity contribution in [3.63, 3.8) is 0 Å². The normalized spacial score (nSPS) is 18.4. The largest absolute Gasteiger partial charge is 0.388 e. The van der Waals surface area contributed by atoms with Gasteiger partial charge in [0, 0.05) is 19.6 Å². The number of hydrogen-bond donors (Lipinski definition) is 1. The quantitative estimate of drug-likeness (QED) is 0.688. The van der Waals surface area contributed by atoms with E-state index in [1.165, 1.54) is 5.56 Å². The standard InChI is InChI=1S/C14H21N3.BrH/c1-12(15)16-14-7-9-17(10-8-14)11-13-5-3-2-4-6-13;/h2-6,14H,7-11H2,1H3,(H2,15,16);1H. The fraction of sp³-hybridized carbons (Fsp3) is 0.500. The Kier molecular flexibility index (Phi) is 6.36. The Morgan fingerprint density at radius 2 is 1.89 bits per heavy atom. The lowest BCUT2D eigenvalue weighted by Crippen LogP contribution is -2.35. The second-order valence-corrected chi connectivity index (χ2v) is 4.76. The summed E-state index contributed by atoms with van der Waals surface area (Å²) >= 11 is 0. The minimum absolute atomic E-state index is 0. The van der Waals surface area contributed by atoms with Crippen molar-refractivity contribution in [3.05, 3.63) is 35.9 Å². The highest BCUT2D eigenvalue weighted by Gasteiger charge is 2.18. The number of likely N-dealkylation sites (tertiary alicyclic amines) is 1. The van der Waals surface area contributed by atoms with Gasteiger partial charge in [0.2, 0.25) is 0 Å². The van der Waals surface area contributed by atoms with Gasteiger partial charge in [0.25, 0.3) is 0 Å². The van der Waals surface area contributed by atoms with Gasteiger partial charge in [-0.2, -0.15) is 0 Å². The van der Waals surface area contributed by atoms with Crippen LogP contribution in [-0.2, 0) is 6.54 Å². The molecule has 0 atom stereocenters. The molecule has 1 saturated heterocycles. The Bertz CT molecular complexity index is 366. The number of nitrogens with two attached hydrogens (primary N) is 1. The minimum Gasteiger partial charge on any atom is -0.388 e. The molecule has 3 nitrogen and oxygen atoms in total. The highest BCUT2D eigenvalue weighted by Crippen LogP contribution is 2.16. The zero-order chi connectivity index (χ0) is 12.1. The summed E-state index contributed by atoms with van der Waals surface area (Å²) in [6.07, 6.45) is 2.25. The van der Waals surface area contributed by atoms with E-state index in [-0.39, 0.29) is 17.0 Å². The molecular weight excluding hydrogens is 290 g/mol. The van der Waals surface area contributed by atoms with Crippen LogP contribution in [0, 0.1) is 0 Å². The number of halogens is 1. The third kappa shape index (κ3) is 4.78. The first-order valence-corrected chi connectivity index (χ1v) is 6.30. The summed E-state index contributed by atoms with van der Waals surface area (Å²) < 4.78 is 0. The smallest absolute Gasteiger partial charge is 0.0909 e. The van der Waals surface area contributed by atoms with Crippen molar-refractivity contribution in [1.82, 2.24) is 4.90 Å². The molecule has 1 heterocycles. The SMILES string of the molecule is Br.CC(N)=NC1CCN(Cc2ccccc2)CC1. The lowest BCUT2D eigenvalue weighted by atomic mass is 10.0. The van der Waals surface area contributed by atoms with Gasteiger partial charge < -0.3 is 5.73 Å². The summed E-state index contributed by atoms with van der Waals surface area (Å²) in [7, 11) is 0. The second kappa shape index (κ2) is 7.54. The van der Waals surface area contributed by atoms with E-state index in [4.69, 9.17) is 5.73 Å². The Morgan fingerprint density at radius 3 is 2.44 bits per heavy atom. The van der Waals surface area contributed by atoms with Crippen LogP contribution in [0.5, 0.6) is 0 Å². The summed E-state index contributed by atoms with van der Waals surface area (Å²) in [5, 5.41) is 0. The van der Waals surface area contributed by atoms with Crippen LogP contribution >= 0.6 is 17.0 Å². The van der Waals surface area contributed by atoms with Crippen LogP contribution in [0.15, 0.2) is 35.3 Å². The number of aliphatic imine (C=N–C) groups is 1. The van der Waals surface area contributed by atoms with Crippen LogP contribution < -0.4 is 5.73 Å². The molecule has 100 valence electrons. The summed E-state index contributed by atoms with van der Waals surface area (Å²) in [5.41, 5.74) is 7.01. The number of hydrogen-bond acceptors (Lipinski definition) is 2. The molecule has 1 aliphatic rings. The number of rotatable bonds is 3. The molecule has 18 heavy (non-hydrogen) atoms. The average molecular weight is 312 g/mol.